The fourth-order valence-electron chi connectivity index (χ4n) is 2.71. The van der Waals surface area contributed by atoms with Crippen LogP contribution in [-0.4, -0.2) is 16.2 Å². The number of nitrogens with zero attached hydrogens (tertiary/aromatic N) is 2. The average molecular weight is 219 g/mol. The fourth-order valence-corrected chi connectivity index (χ4v) is 2.71. The number of rotatable bonds is 3. The highest BCUT2D eigenvalue weighted by Gasteiger charge is 2.27. The third kappa shape index (κ3) is 2.71. The quantitative estimate of drug-likeness (QED) is 0.848. The monoisotopic (exact) mass is 219 g/mol. The molecule has 1 N–H and O–H groups in total. The van der Waals surface area contributed by atoms with Crippen LogP contribution in [0.2, 0.25) is 0 Å². The normalized spacial score (nSPS) is 25.7. The average Bonchev–Trinajstić information content (AvgIpc) is 2.31. The Balaban J connectivity index is 2.01. The standard InChI is InChI=1S/C13H21N3/c1-10(2)11-6-3-4-7-12(11)15-13-8-5-9-14-16-13/h5,8-12H,3-4,6-7H2,1-2H3,(H,15,16). The van der Waals surface area contributed by atoms with Gasteiger partial charge in [-0.05, 0) is 36.8 Å². The first kappa shape index (κ1) is 11.4. The lowest BCUT2D eigenvalue weighted by molar-refractivity contribution is 0.253. The highest BCUT2D eigenvalue weighted by Crippen LogP contribution is 2.31. The molecule has 16 heavy (non-hydrogen) atoms. The molecule has 1 fully saturated rings. The van der Waals surface area contributed by atoms with Crippen LogP contribution < -0.4 is 5.32 Å². The molecule has 0 saturated heterocycles. The highest BCUT2D eigenvalue weighted by atomic mass is 15.2. The van der Waals surface area contributed by atoms with Crippen molar-refractivity contribution in [1.82, 2.24) is 10.2 Å². The van der Waals surface area contributed by atoms with Crippen molar-refractivity contribution in [1.29, 1.82) is 0 Å². The van der Waals surface area contributed by atoms with Crippen LogP contribution in [0.1, 0.15) is 39.5 Å². The van der Waals surface area contributed by atoms with Crippen molar-refractivity contribution in [2.45, 2.75) is 45.6 Å². The van der Waals surface area contributed by atoms with E-state index in [0.717, 1.165) is 17.7 Å². The molecule has 2 rings (SSSR count). The second-order valence-electron chi connectivity index (χ2n) is 5.05. The lowest BCUT2D eigenvalue weighted by Gasteiger charge is -2.35. The van der Waals surface area contributed by atoms with Crippen LogP contribution in [-0.2, 0) is 0 Å². The minimum absolute atomic E-state index is 0.574. The number of hydrogen-bond acceptors (Lipinski definition) is 3. The third-order valence-corrected chi connectivity index (χ3v) is 3.58. The number of hydrogen-bond donors (Lipinski definition) is 1. The first-order valence-corrected chi connectivity index (χ1v) is 6.31. The summed E-state index contributed by atoms with van der Waals surface area (Å²) in [6.07, 6.45) is 7.03. The Hall–Kier alpha value is -1.12. The molecule has 1 aliphatic carbocycles. The Kier molecular flexibility index (Phi) is 3.75. The second kappa shape index (κ2) is 5.28. The summed E-state index contributed by atoms with van der Waals surface area (Å²) in [4.78, 5) is 0. The second-order valence-corrected chi connectivity index (χ2v) is 5.05. The largest absolute Gasteiger partial charge is 0.366 e. The molecule has 1 aliphatic rings. The Morgan fingerprint density at radius 2 is 2.12 bits per heavy atom. The number of aromatic nitrogens is 2. The Bertz CT molecular complexity index is 310. The van der Waals surface area contributed by atoms with Gasteiger partial charge in [0.15, 0.2) is 0 Å². The molecular formula is C13H21N3. The van der Waals surface area contributed by atoms with E-state index in [1.165, 1.54) is 25.7 Å². The van der Waals surface area contributed by atoms with Gasteiger partial charge in [0, 0.05) is 12.2 Å². The van der Waals surface area contributed by atoms with Gasteiger partial charge >= 0.3 is 0 Å². The predicted molar refractivity (Wildman–Crippen MR) is 66.2 cm³/mol. The van der Waals surface area contributed by atoms with Crippen molar-refractivity contribution in [3.8, 4) is 0 Å². The van der Waals surface area contributed by atoms with E-state index in [1.807, 2.05) is 12.1 Å². The SMILES string of the molecule is CC(C)C1CCCCC1Nc1cccnn1. The molecule has 1 aromatic heterocycles. The van der Waals surface area contributed by atoms with Crippen molar-refractivity contribution in [3.63, 3.8) is 0 Å². The van der Waals surface area contributed by atoms with Gasteiger partial charge in [-0.25, -0.2) is 0 Å². The predicted octanol–water partition coefficient (Wildman–Crippen LogP) is 3.10. The van der Waals surface area contributed by atoms with Gasteiger partial charge < -0.3 is 5.32 Å². The lowest BCUT2D eigenvalue weighted by Crippen LogP contribution is -2.35. The van der Waals surface area contributed by atoms with E-state index >= 15 is 0 Å². The smallest absolute Gasteiger partial charge is 0.148 e. The third-order valence-electron chi connectivity index (χ3n) is 3.58. The highest BCUT2D eigenvalue weighted by molar-refractivity contribution is 5.33. The van der Waals surface area contributed by atoms with E-state index < -0.39 is 0 Å². The summed E-state index contributed by atoms with van der Waals surface area (Å²) in [5.74, 6) is 2.44. The first-order chi connectivity index (χ1) is 7.77. The summed E-state index contributed by atoms with van der Waals surface area (Å²) < 4.78 is 0. The van der Waals surface area contributed by atoms with Crippen LogP contribution in [0.5, 0.6) is 0 Å². The molecule has 1 aromatic rings. The van der Waals surface area contributed by atoms with E-state index in [2.05, 4.69) is 29.4 Å². The van der Waals surface area contributed by atoms with Crippen LogP contribution in [0.4, 0.5) is 5.82 Å². The maximum absolute atomic E-state index is 4.11. The summed E-state index contributed by atoms with van der Waals surface area (Å²) in [5, 5.41) is 11.6. The topological polar surface area (TPSA) is 37.8 Å². The lowest BCUT2D eigenvalue weighted by atomic mass is 9.78. The maximum atomic E-state index is 4.11. The molecule has 88 valence electrons. The number of anilines is 1. The van der Waals surface area contributed by atoms with Gasteiger partial charge in [0.1, 0.15) is 5.82 Å². The van der Waals surface area contributed by atoms with Gasteiger partial charge in [-0.3, -0.25) is 0 Å². The molecule has 3 heteroatoms. The van der Waals surface area contributed by atoms with E-state index in [1.54, 1.807) is 6.20 Å². The summed E-state index contributed by atoms with van der Waals surface area (Å²) in [6, 6.07) is 4.51. The van der Waals surface area contributed by atoms with Gasteiger partial charge in [0.05, 0.1) is 0 Å². The molecule has 0 radical (unpaired) electrons. The minimum Gasteiger partial charge on any atom is -0.366 e. The Morgan fingerprint density at radius 3 is 2.81 bits per heavy atom. The first-order valence-electron chi connectivity index (χ1n) is 6.31. The zero-order valence-corrected chi connectivity index (χ0v) is 10.2. The molecule has 2 unspecified atom stereocenters. The van der Waals surface area contributed by atoms with Gasteiger partial charge in [-0.15, -0.1) is 5.10 Å². The molecular weight excluding hydrogens is 198 g/mol. The van der Waals surface area contributed by atoms with Crippen LogP contribution in [0, 0.1) is 11.8 Å². The molecule has 0 aromatic carbocycles. The maximum Gasteiger partial charge on any atom is 0.148 e. The van der Waals surface area contributed by atoms with Crippen molar-refractivity contribution >= 4 is 5.82 Å². The van der Waals surface area contributed by atoms with Crippen molar-refractivity contribution < 1.29 is 0 Å². The van der Waals surface area contributed by atoms with Gasteiger partial charge in [-0.2, -0.15) is 5.10 Å². The van der Waals surface area contributed by atoms with E-state index in [9.17, 15) is 0 Å². The van der Waals surface area contributed by atoms with E-state index in [4.69, 9.17) is 0 Å². The molecule has 1 heterocycles. The molecule has 3 nitrogen and oxygen atoms in total. The summed E-state index contributed by atoms with van der Waals surface area (Å²) in [6.45, 7) is 4.64. The van der Waals surface area contributed by atoms with Crippen molar-refractivity contribution in [3.05, 3.63) is 18.3 Å². The van der Waals surface area contributed by atoms with Gasteiger partial charge in [0.2, 0.25) is 0 Å². The van der Waals surface area contributed by atoms with Crippen LogP contribution in [0.15, 0.2) is 18.3 Å². The van der Waals surface area contributed by atoms with Crippen LogP contribution >= 0.6 is 0 Å². The van der Waals surface area contributed by atoms with Gasteiger partial charge in [0.25, 0.3) is 0 Å². The van der Waals surface area contributed by atoms with Gasteiger partial charge in [-0.1, -0.05) is 26.7 Å². The molecule has 0 bridgehead atoms. The van der Waals surface area contributed by atoms with Crippen molar-refractivity contribution in [2.75, 3.05) is 5.32 Å². The van der Waals surface area contributed by atoms with E-state index in [-0.39, 0.29) is 0 Å². The molecule has 0 aliphatic heterocycles. The Morgan fingerprint density at radius 1 is 1.31 bits per heavy atom. The summed E-state index contributed by atoms with van der Waals surface area (Å²) in [5.41, 5.74) is 0. The van der Waals surface area contributed by atoms with Crippen LogP contribution in [0.25, 0.3) is 0 Å². The Labute approximate surface area is 97.7 Å². The van der Waals surface area contributed by atoms with Crippen molar-refractivity contribution in [2.24, 2.45) is 11.8 Å². The van der Waals surface area contributed by atoms with Crippen LogP contribution in [0.3, 0.4) is 0 Å². The fraction of sp³-hybridized carbons (Fsp3) is 0.692. The minimum atomic E-state index is 0.574. The summed E-state index contributed by atoms with van der Waals surface area (Å²) in [7, 11) is 0. The number of nitrogens with one attached hydrogen (secondary N) is 1. The zero-order valence-electron chi connectivity index (χ0n) is 10.2. The molecule has 0 amide bonds. The molecule has 1 saturated carbocycles. The summed E-state index contributed by atoms with van der Waals surface area (Å²) >= 11 is 0. The zero-order chi connectivity index (χ0) is 11.4. The molecule has 2 atom stereocenters. The molecule has 0 spiro atoms. The van der Waals surface area contributed by atoms with E-state index in [0.29, 0.717) is 6.04 Å².